The van der Waals surface area contributed by atoms with Gasteiger partial charge in [-0.3, -0.25) is 0 Å². The molecule has 1 unspecified atom stereocenters. The molecule has 0 amide bonds. The predicted molar refractivity (Wildman–Crippen MR) is 67.7 cm³/mol. The lowest BCUT2D eigenvalue weighted by Crippen LogP contribution is -2.37. The molecule has 3 heteroatoms. The van der Waals surface area contributed by atoms with Crippen molar-refractivity contribution in [2.24, 2.45) is 0 Å². The molecule has 0 aromatic heterocycles. The Kier molecular flexibility index (Phi) is 3.27. The van der Waals surface area contributed by atoms with E-state index < -0.39 is 6.10 Å². The fraction of sp³-hybridized carbons (Fsp3) is 0.538. The molecule has 1 N–H and O–H groups in total. The number of aliphatic hydroxyl groups excluding tert-OH is 1. The van der Waals surface area contributed by atoms with Crippen LogP contribution < -0.4 is 4.74 Å². The Balaban J connectivity index is 2.33. The predicted octanol–water partition coefficient (Wildman–Crippen LogP) is 3.82. The molecule has 1 aromatic rings. The molecule has 88 valence electrons. The first-order chi connectivity index (χ1) is 7.54. The van der Waals surface area contributed by atoms with Gasteiger partial charge in [-0.15, -0.1) is 0 Å². The second-order valence-electron chi connectivity index (χ2n) is 4.70. The van der Waals surface area contributed by atoms with Gasteiger partial charge in [-0.1, -0.05) is 29.3 Å². The van der Waals surface area contributed by atoms with Crippen LogP contribution in [0.15, 0.2) is 22.7 Å². The Hall–Kier alpha value is -0.540. The van der Waals surface area contributed by atoms with Gasteiger partial charge in [0.1, 0.15) is 11.4 Å². The van der Waals surface area contributed by atoms with Crippen LogP contribution in [0.5, 0.6) is 5.75 Å². The van der Waals surface area contributed by atoms with Crippen molar-refractivity contribution in [3.63, 3.8) is 0 Å². The van der Waals surface area contributed by atoms with Gasteiger partial charge in [0, 0.05) is 16.5 Å². The van der Waals surface area contributed by atoms with Crippen LogP contribution in [0.25, 0.3) is 0 Å². The van der Waals surface area contributed by atoms with Crippen LogP contribution in [0.2, 0.25) is 0 Å². The van der Waals surface area contributed by atoms with Crippen LogP contribution in [0, 0.1) is 0 Å². The molecule has 1 heterocycles. The monoisotopic (exact) mass is 284 g/mol. The Morgan fingerprint density at radius 3 is 3.00 bits per heavy atom. The molecule has 2 nitrogen and oxygen atoms in total. The first-order valence-corrected chi connectivity index (χ1v) is 6.50. The molecule has 0 spiro atoms. The number of benzene rings is 1. The van der Waals surface area contributed by atoms with E-state index in [0.29, 0.717) is 6.42 Å². The van der Waals surface area contributed by atoms with Gasteiger partial charge in [-0.05, 0) is 31.5 Å². The van der Waals surface area contributed by atoms with Gasteiger partial charge in [-0.25, -0.2) is 0 Å². The van der Waals surface area contributed by atoms with Gasteiger partial charge in [-0.2, -0.15) is 0 Å². The highest BCUT2D eigenvalue weighted by Crippen LogP contribution is 2.42. The SMILES string of the molecule is CCCC1(C)C[C@@H](O)c2cc(Br)ccc2O1. The van der Waals surface area contributed by atoms with Crippen molar-refractivity contribution in [1.82, 2.24) is 0 Å². The molecule has 0 aliphatic carbocycles. The molecule has 0 saturated carbocycles. The normalized spacial score (nSPS) is 28.4. The van der Waals surface area contributed by atoms with E-state index in [1.807, 2.05) is 18.2 Å². The van der Waals surface area contributed by atoms with Gasteiger partial charge < -0.3 is 9.84 Å². The van der Waals surface area contributed by atoms with Crippen LogP contribution in [-0.2, 0) is 0 Å². The van der Waals surface area contributed by atoms with E-state index in [9.17, 15) is 5.11 Å². The minimum absolute atomic E-state index is 0.227. The third-order valence-corrected chi connectivity index (χ3v) is 3.58. The molecule has 1 aliphatic heterocycles. The topological polar surface area (TPSA) is 29.5 Å². The van der Waals surface area contributed by atoms with E-state index in [-0.39, 0.29) is 5.60 Å². The van der Waals surface area contributed by atoms with Gasteiger partial charge in [0.15, 0.2) is 0 Å². The van der Waals surface area contributed by atoms with E-state index in [0.717, 1.165) is 28.6 Å². The van der Waals surface area contributed by atoms with Crippen molar-refractivity contribution in [3.8, 4) is 5.75 Å². The largest absolute Gasteiger partial charge is 0.487 e. The molecule has 0 radical (unpaired) electrons. The lowest BCUT2D eigenvalue weighted by atomic mass is 9.87. The molecule has 0 bridgehead atoms. The first-order valence-electron chi connectivity index (χ1n) is 5.70. The standard InChI is InChI=1S/C13H17BrO2/c1-3-6-13(2)8-11(15)10-7-9(14)4-5-12(10)16-13/h4-5,7,11,15H,3,6,8H2,1-2H3/t11-,13?/m1/s1. The third kappa shape index (κ3) is 2.25. The highest BCUT2D eigenvalue weighted by Gasteiger charge is 2.35. The van der Waals surface area contributed by atoms with E-state index in [4.69, 9.17) is 4.74 Å². The zero-order valence-corrected chi connectivity index (χ0v) is 11.3. The molecule has 16 heavy (non-hydrogen) atoms. The molecule has 2 rings (SSSR count). The Morgan fingerprint density at radius 1 is 1.56 bits per heavy atom. The molecule has 1 aliphatic rings. The van der Waals surface area contributed by atoms with Crippen LogP contribution in [0.3, 0.4) is 0 Å². The van der Waals surface area contributed by atoms with Gasteiger partial charge in [0.25, 0.3) is 0 Å². The molecule has 0 saturated heterocycles. The number of hydrogen-bond donors (Lipinski definition) is 1. The summed E-state index contributed by atoms with van der Waals surface area (Å²) in [5, 5.41) is 10.1. The van der Waals surface area contributed by atoms with Gasteiger partial charge in [0.2, 0.25) is 0 Å². The summed E-state index contributed by atoms with van der Waals surface area (Å²) < 4.78 is 6.98. The van der Waals surface area contributed by atoms with Crippen LogP contribution in [0.4, 0.5) is 0 Å². The Labute approximate surface area is 105 Å². The molecule has 1 aromatic carbocycles. The van der Waals surface area contributed by atoms with E-state index in [2.05, 4.69) is 29.8 Å². The summed E-state index contributed by atoms with van der Waals surface area (Å²) in [4.78, 5) is 0. The number of rotatable bonds is 2. The van der Waals surface area contributed by atoms with Crippen molar-refractivity contribution < 1.29 is 9.84 Å². The maximum atomic E-state index is 10.1. The Morgan fingerprint density at radius 2 is 2.31 bits per heavy atom. The summed E-state index contributed by atoms with van der Waals surface area (Å²) in [6, 6.07) is 5.81. The first kappa shape index (κ1) is 11.9. The quantitative estimate of drug-likeness (QED) is 0.895. The van der Waals surface area contributed by atoms with E-state index in [1.165, 1.54) is 0 Å². The zero-order valence-electron chi connectivity index (χ0n) is 9.66. The second-order valence-corrected chi connectivity index (χ2v) is 5.62. The number of hydrogen-bond acceptors (Lipinski definition) is 2. The van der Waals surface area contributed by atoms with E-state index in [1.54, 1.807) is 0 Å². The lowest BCUT2D eigenvalue weighted by Gasteiger charge is -2.38. The maximum Gasteiger partial charge on any atom is 0.126 e. The minimum atomic E-state index is -0.419. The summed E-state index contributed by atoms with van der Waals surface area (Å²) in [5.74, 6) is 0.818. The smallest absolute Gasteiger partial charge is 0.126 e. The third-order valence-electron chi connectivity index (χ3n) is 3.09. The van der Waals surface area contributed by atoms with Crippen LogP contribution >= 0.6 is 15.9 Å². The molecule has 2 atom stereocenters. The van der Waals surface area contributed by atoms with Crippen LogP contribution in [-0.4, -0.2) is 10.7 Å². The van der Waals surface area contributed by atoms with Crippen molar-refractivity contribution in [2.75, 3.05) is 0 Å². The van der Waals surface area contributed by atoms with Gasteiger partial charge in [0.05, 0.1) is 6.10 Å². The summed E-state index contributed by atoms with van der Waals surface area (Å²) in [5.41, 5.74) is 0.664. The van der Waals surface area contributed by atoms with Crippen LogP contribution in [0.1, 0.15) is 44.8 Å². The average Bonchev–Trinajstić information content (AvgIpc) is 2.19. The maximum absolute atomic E-state index is 10.1. The second kappa shape index (κ2) is 4.38. The van der Waals surface area contributed by atoms with Crippen molar-refractivity contribution >= 4 is 15.9 Å². The molecular weight excluding hydrogens is 268 g/mol. The highest BCUT2D eigenvalue weighted by atomic mass is 79.9. The molecular formula is C13H17BrO2. The van der Waals surface area contributed by atoms with Crippen molar-refractivity contribution in [3.05, 3.63) is 28.2 Å². The fourth-order valence-electron chi connectivity index (χ4n) is 2.38. The number of ether oxygens (including phenoxy) is 1. The Bertz CT molecular complexity index is 392. The van der Waals surface area contributed by atoms with Gasteiger partial charge >= 0.3 is 0 Å². The molecule has 0 fully saturated rings. The summed E-state index contributed by atoms with van der Waals surface area (Å²) in [6.07, 6.45) is 2.29. The lowest BCUT2D eigenvalue weighted by molar-refractivity contribution is -0.00737. The number of halogens is 1. The number of aliphatic hydroxyl groups is 1. The summed E-state index contributed by atoms with van der Waals surface area (Å²) in [6.45, 7) is 4.21. The highest BCUT2D eigenvalue weighted by molar-refractivity contribution is 9.10. The average molecular weight is 285 g/mol. The minimum Gasteiger partial charge on any atom is -0.487 e. The zero-order chi connectivity index (χ0) is 11.8. The summed E-state index contributed by atoms with van der Waals surface area (Å²) >= 11 is 3.41. The van der Waals surface area contributed by atoms with E-state index >= 15 is 0 Å². The number of fused-ring (bicyclic) bond motifs is 1. The van der Waals surface area contributed by atoms with Crippen molar-refractivity contribution in [2.45, 2.75) is 44.8 Å². The fourth-order valence-corrected chi connectivity index (χ4v) is 2.76. The van der Waals surface area contributed by atoms with Crippen molar-refractivity contribution in [1.29, 1.82) is 0 Å². The summed E-state index contributed by atoms with van der Waals surface area (Å²) in [7, 11) is 0.